The number of imidazole rings is 1. The molecule has 0 saturated carbocycles. The van der Waals surface area contributed by atoms with Gasteiger partial charge in [-0.05, 0) is 49.1 Å². The van der Waals surface area contributed by atoms with Crippen LogP contribution < -0.4 is 15.0 Å². The molecule has 1 N–H and O–H groups in total. The highest BCUT2D eigenvalue weighted by Crippen LogP contribution is 2.25. The number of carbonyl (C=O) groups excluding carboxylic acids is 1. The molecule has 6 heteroatoms. The molecule has 0 bridgehead atoms. The zero-order valence-corrected chi connectivity index (χ0v) is 17.8. The minimum absolute atomic E-state index is 0.0804. The summed E-state index contributed by atoms with van der Waals surface area (Å²) in [6.45, 7) is 4.97. The number of carbonyl (C=O) groups is 1. The minimum atomic E-state index is 0.0804. The number of ether oxygens (including phenoxy) is 1. The van der Waals surface area contributed by atoms with E-state index in [1.807, 2.05) is 30.3 Å². The highest BCUT2D eigenvalue weighted by Gasteiger charge is 2.24. The summed E-state index contributed by atoms with van der Waals surface area (Å²) < 4.78 is 7.50. The summed E-state index contributed by atoms with van der Waals surface area (Å²) in [4.78, 5) is 19.7. The molecule has 0 atom stereocenters. The van der Waals surface area contributed by atoms with Gasteiger partial charge in [0, 0.05) is 25.7 Å². The third-order valence-corrected chi connectivity index (χ3v) is 5.75. The first-order chi connectivity index (χ1) is 14.7. The van der Waals surface area contributed by atoms with E-state index in [1.54, 1.807) is 7.11 Å². The molecule has 0 radical (unpaired) electrons. The molecular formula is C24H30N4O2. The monoisotopic (exact) mass is 406 g/mol. The van der Waals surface area contributed by atoms with Gasteiger partial charge < -0.3 is 19.5 Å². The molecule has 0 aliphatic carbocycles. The van der Waals surface area contributed by atoms with E-state index in [1.165, 1.54) is 5.52 Å². The van der Waals surface area contributed by atoms with E-state index in [0.717, 1.165) is 61.7 Å². The molecule has 0 unspecified atom stereocenters. The molecule has 2 heterocycles. The number of fused-ring (bicyclic) bond motifs is 1. The number of amides is 1. The van der Waals surface area contributed by atoms with Gasteiger partial charge in [-0.25, -0.2) is 4.98 Å². The van der Waals surface area contributed by atoms with Crippen LogP contribution >= 0.6 is 0 Å². The fourth-order valence-corrected chi connectivity index (χ4v) is 4.18. The van der Waals surface area contributed by atoms with E-state index in [-0.39, 0.29) is 11.9 Å². The molecule has 1 aliphatic rings. The van der Waals surface area contributed by atoms with E-state index in [2.05, 4.69) is 39.9 Å². The van der Waals surface area contributed by atoms with Crippen molar-refractivity contribution >= 4 is 22.9 Å². The van der Waals surface area contributed by atoms with Gasteiger partial charge in [0.2, 0.25) is 11.9 Å². The number of para-hydroxylation sites is 2. The maximum absolute atomic E-state index is 12.5. The SMILES string of the molecule is CCCn1c(N2CCC(NC(=O)Cc3ccc(OC)cc3)CC2)nc2ccccc21. The molecule has 1 saturated heterocycles. The fourth-order valence-electron chi connectivity index (χ4n) is 4.18. The van der Waals surface area contributed by atoms with Crippen LogP contribution in [-0.4, -0.2) is 41.7 Å². The average molecular weight is 407 g/mol. The highest BCUT2D eigenvalue weighted by atomic mass is 16.5. The molecule has 0 spiro atoms. The van der Waals surface area contributed by atoms with Crippen LogP contribution in [0.3, 0.4) is 0 Å². The van der Waals surface area contributed by atoms with Crippen molar-refractivity contribution in [3.05, 3.63) is 54.1 Å². The molecular weight excluding hydrogens is 376 g/mol. The van der Waals surface area contributed by atoms with Crippen LogP contribution in [0, 0.1) is 0 Å². The summed E-state index contributed by atoms with van der Waals surface area (Å²) in [5, 5.41) is 3.21. The summed E-state index contributed by atoms with van der Waals surface area (Å²) in [7, 11) is 1.64. The summed E-state index contributed by atoms with van der Waals surface area (Å²) in [5.41, 5.74) is 3.25. The van der Waals surface area contributed by atoms with Crippen molar-refractivity contribution in [2.24, 2.45) is 0 Å². The van der Waals surface area contributed by atoms with Crippen molar-refractivity contribution in [1.82, 2.24) is 14.9 Å². The van der Waals surface area contributed by atoms with E-state index in [0.29, 0.717) is 6.42 Å². The van der Waals surface area contributed by atoms with Crippen LogP contribution in [0.25, 0.3) is 11.0 Å². The Kier molecular flexibility index (Phi) is 6.21. The number of rotatable bonds is 7. The molecule has 4 rings (SSSR count). The second-order valence-corrected chi connectivity index (χ2v) is 7.91. The van der Waals surface area contributed by atoms with Gasteiger partial charge >= 0.3 is 0 Å². The second kappa shape index (κ2) is 9.20. The lowest BCUT2D eigenvalue weighted by atomic mass is 10.0. The number of aromatic nitrogens is 2. The normalized spacial score (nSPS) is 14.8. The molecule has 2 aromatic carbocycles. The van der Waals surface area contributed by atoms with Crippen LogP contribution in [0.5, 0.6) is 5.75 Å². The highest BCUT2D eigenvalue weighted by molar-refractivity contribution is 5.79. The van der Waals surface area contributed by atoms with Crippen LogP contribution in [0.4, 0.5) is 5.95 Å². The fraction of sp³-hybridized carbons (Fsp3) is 0.417. The lowest BCUT2D eigenvalue weighted by molar-refractivity contribution is -0.121. The Morgan fingerprint density at radius 2 is 1.87 bits per heavy atom. The van der Waals surface area contributed by atoms with E-state index >= 15 is 0 Å². The summed E-state index contributed by atoms with van der Waals surface area (Å²) in [6, 6.07) is 16.2. The zero-order chi connectivity index (χ0) is 20.9. The minimum Gasteiger partial charge on any atom is -0.497 e. The molecule has 1 amide bonds. The standard InChI is InChI=1S/C24H30N4O2/c1-3-14-28-22-7-5-4-6-21(22)26-24(28)27-15-12-19(13-16-27)25-23(29)17-18-8-10-20(30-2)11-9-18/h4-11,19H,3,12-17H2,1-2H3,(H,25,29). The number of piperidine rings is 1. The smallest absolute Gasteiger partial charge is 0.224 e. The van der Waals surface area contributed by atoms with Crippen molar-refractivity contribution in [2.45, 2.75) is 45.2 Å². The van der Waals surface area contributed by atoms with Gasteiger partial charge in [0.25, 0.3) is 0 Å². The zero-order valence-electron chi connectivity index (χ0n) is 17.8. The van der Waals surface area contributed by atoms with Crippen LogP contribution in [0.15, 0.2) is 48.5 Å². The number of nitrogens with zero attached hydrogens (tertiary/aromatic N) is 3. The third-order valence-electron chi connectivity index (χ3n) is 5.75. The molecule has 1 aromatic heterocycles. The molecule has 158 valence electrons. The molecule has 6 nitrogen and oxygen atoms in total. The largest absolute Gasteiger partial charge is 0.497 e. The van der Waals surface area contributed by atoms with Gasteiger partial charge in [-0.2, -0.15) is 0 Å². The Morgan fingerprint density at radius 3 is 2.57 bits per heavy atom. The first-order valence-corrected chi connectivity index (χ1v) is 10.8. The predicted molar refractivity (Wildman–Crippen MR) is 120 cm³/mol. The molecule has 1 aliphatic heterocycles. The summed E-state index contributed by atoms with van der Waals surface area (Å²) in [5.74, 6) is 1.94. The molecule has 30 heavy (non-hydrogen) atoms. The number of nitrogens with one attached hydrogen (secondary N) is 1. The third kappa shape index (κ3) is 4.42. The lowest BCUT2D eigenvalue weighted by Crippen LogP contribution is -2.45. The topological polar surface area (TPSA) is 59.4 Å². The number of hydrogen-bond donors (Lipinski definition) is 1. The van der Waals surface area contributed by atoms with E-state index < -0.39 is 0 Å². The molecule has 1 fully saturated rings. The summed E-state index contributed by atoms with van der Waals surface area (Å²) >= 11 is 0. The Labute approximate surface area is 177 Å². The number of methoxy groups -OCH3 is 1. The first-order valence-electron chi connectivity index (χ1n) is 10.8. The quantitative estimate of drug-likeness (QED) is 0.649. The van der Waals surface area contributed by atoms with Gasteiger partial charge in [-0.3, -0.25) is 4.79 Å². The van der Waals surface area contributed by atoms with Crippen molar-refractivity contribution < 1.29 is 9.53 Å². The summed E-state index contributed by atoms with van der Waals surface area (Å²) in [6.07, 6.45) is 3.34. The van der Waals surface area contributed by atoms with Gasteiger partial charge in [0.1, 0.15) is 5.75 Å². The van der Waals surface area contributed by atoms with E-state index in [9.17, 15) is 4.79 Å². The average Bonchev–Trinajstić information content (AvgIpc) is 3.14. The Balaban J connectivity index is 1.35. The number of benzene rings is 2. The van der Waals surface area contributed by atoms with Crippen molar-refractivity contribution in [3.8, 4) is 5.75 Å². The Bertz CT molecular complexity index is 988. The number of anilines is 1. The maximum Gasteiger partial charge on any atom is 0.224 e. The number of hydrogen-bond acceptors (Lipinski definition) is 4. The van der Waals surface area contributed by atoms with Crippen molar-refractivity contribution in [2.75, 3.05) is 25.1 Å². The second-order valence-electron chi connectivity index (χ2n) is 7.91. The first kappa shape index (κ1) is 20.3. The molecule has 3 aromatic rings. The van der Waals surface area contributed by atoms with Crippen LogP contribution in [-0.2, 0) is 17.8 Å². The van der Waals surface area contributed by atoms with Gasteiger partial charge in [-0.1, -0.05) is 31.2 Å². The van der Waals surface area contributed by atoms with Gasteiger partial charge in [0.05, 0.1) is 24.6 Å². The predicted octanol–water partition coefficient (Wildman–Crippen LogP) is 3.78. The van der Waals surface area contributed by atoms with Gasteiger partial charge in [-0.15, -0.1) is 0 Å². The van der Waals surface area contributed by atoms with Crippen molar-refractivity contribution in [3.63, 3.8) is 0 Å². The number of aryl methyl sites for hydroxylation is 1. The van der Waals surface area contributed by atoms with Crippen molar-refractivity contribution in [1.29, 1.82) is 0 Å². The maximum atomic E-state index is 12.5. The van der Waals surface area contributed by atoms with Gasteiger partial charge in [0.15, 0.2) is 0 Å². The Hall–Kier alpha value is -3.02. The van der Waals surface area contributed by atoms with Crippen LogP contribution in [0.2, 0.25) is 0 Å². The Morgan fingerprint density at radius 1 is 1.13 bits per heavy atom. The lowest BCUT2D eigenvalue weighted by Gasteiger charge is -2.33. The van der Waals surface area contributed by atoms with E-state index in [4.69, 9.17) is 9.72 Å². The van der Waals surface area contributed by atoms with Crippen LogP contribution in [0.1, 0.15) is 31.7 Å².